The van der Waals surface area contributed by atoms with Gasteiger partial charge in [-0.25, -0.2) is 0 Å². The highest BCUT2D eigenvalue weighted by molar-refractivity contribution is 6.12. The van der Waals surface area contributed by atoms with Crippen LogP contribution in [-0.4, -0.2) is 12.9 Å². The molecule has 3 heteroatoms. The Bertz CT molecular complexity index is 710. The molecule has 0 unspecified atom stereocenters. The van der Waals surface area contributed by atoms with E-state index in [-0.39, 0.29) is 5.78 Å². The lowest BCUT2D eigenvalue weighted by atomic mass is 10.1. The second kappa shape index (κ2) is 5.67. The van der Waals surface area contributed by atoms with Crippen molar-refractivity contribution in [3.8, 4) is 5.75 Å². The molecule has 104 valence electrons. The molecule has 0 saturated heterocycles. The van der Waals surface area contributed by atoms with Crippen LogP contribution in [0.2, 0.25) is 0 Å². The normalized spacial score (nSPS) is 15.8. The molecule has 3 rings (SSSR count). The molecular weight excluding hydrogens is 264 g/mol. The highest BCUT2D eigenvalue weighted by Crippen LogP contribution is 2.28. The summed E-state index contributed by atoms with van der Waals surface area (Å²) in [6.45, 7) is 0. The maximum absolute atomic E-state index is 12.0. The molecule has 0 atom stereocenters. The Morgan fingerprint density at radius 2 is 1.71 bits per heavy atom. The first-order valence-corrected chi connectivity index (χ1v) is 6.61. The smallest absolute Gasteiger partial charge is 0.224 e. The number of carbonyl (C=O) groups excluding carboxylic acids is 1. The van der Waals surface area contributed by atoms with Gasteiger partial charge in [0.25, 0.3) is 0 Å². The lowest BCUT2D eigenvalue weighted by Gasteiger charge is -2.05. The van der Waals surface area contributed by atoms with Gasteiger partial charge in [0.05, 0.1) is 7.11 Å². The predicted octanol–water partition coefficient (Wildman–Crippen LogP) is 3.68. The maximum atomic E-state index is 12.0. The minimum absolute atomic E-state index is 0.121. The summed E-state index contributed by atoms with van der Waals surface area (Å²) in [5, 5.41) is 0. The number of ketones is 1. The zero-order valence-corrected chi connectivity index (χ0v) is 11.6. The van der Waals surface area contributed by atoms with Crippen LogP contribution in [-0.2, 0) is 9.53 Å². The zero-order chi connectivity index (χ0) is 14.7. The SMILES string of the molecule is COc1ccc(C2=CC(=O)/C(=C\c3ccccc3)O2)cc1. The molecule has 0 aromatic heterocycles. The van der Waals surface area contributed by atoms with Crippen molar-refractivity contribution in [1.82, 2.24) is 0 Å². The summed E-state index contributed by atoms with van der Waals surface area (Å²) in [5.74, 6) is 1.55. The summed E-state index contributed by atoms with van der Waals surface area (Å²) in [4.78, 5) is 12.0. The third-order valence-electron chi connectivity index (χ3n) is 3.20. The molecular formula is C18H14O3. The number of methoxy groups -OCH3 is 1. The summed E-state index contributed by atoms with van der Waals surface area (Å²) >= 11 is 0. The topological polar surface area (TPSA) is 35.5 Å². The van der Waals surface area contributed by atoms with E-state index in [2.05, 4.69) is 0 Å². The van der Waals surface area contributed by atoms with Crippen LogP contribution >= 0.6 is 0 Å². The molecule has 1 aliphatic heterocycles. The van der Waals surface area contributed by atoms with E-state index in [0.717, 1.165) is 16.9 Å². The Kier molecular flexibility index (Phi) is 3.56. The Hall–Kier alpha value is -2.81. The molecule has 1 aliphatic rings. The molecule has 2 aromatic rings. The molecule has 0 saturated carbocycles. The van der Waals surface area contributed by atoms with Gasteiger partial charge in [-0.15, -0.1) is 0 Å². The molecule has 0 radical (unpaired) electrons. The molecule has 0 amide bonds. The van der Waals surface area contributed by atoms with Crippen molar-refractivity contribution in [2.75, 3.05) is 7.11 Å². The fraction of sp³-hybridized carbons (Fsp3) is 0.0556. The average molecular weight is 278 g/mol. The summed E-state index contributed by atoms with van der Waals surface area (Å²) in [5.41, 5.74) is 1.78. The molecule has 21 heavy (non-hydrogen) atoms. The van der Waals surface area contributed by atoms with Gasteiger partial charge in [0.2, 0.25) is 5.78 Å². The highest BCUT2D eigenvalue weighted by Gasteiger charge is 2.21. The standard InChI is InChI=1S/C18H14O3/c1-20-15-9-7-14(8-10-15)17-12-16(19)18(21-17)11-13-5-3-2-4-6-13/h2-12H,1H3/b18-11+. The van der Waals surface area contributed by atoms with Crippen LogP contribution < -0.4 is 4.74 Å². The van der Waals surface area contributed by atoms with Crippen molar-refractivity contribution in [2.45, 2.75) is 0 Å². The third kappa shape index (κ3) is 2.87. The first kappa shape index (κ1) is 13.2. The molecule has 0 aliphatic carbocycles. The number of carbonyl (C=O) groups is 1. The van der Waals surface area contributed by atoms with E-state index in [4.69, 9.17) is 9.47 Å². The Labute approximate surface area is 123 Å². The molecule has 1 heterocycles. The number of rotatable bonds is 3. The Morgan fingerprint density at radius 1 is 1.00 bits per heavy atom. The van der Waals surface area contributed by atoms with Gasteiger partial charge in [0, 0.05) is 11.6 Å². The Balaban J connectivity index is 1.83. The number of hydrogen-bond acceptors (Lipinski definition) is 3. The van der Waals surface area contributed by atoms with Crippen LogP contribution in [0.4, 0.5) is 0 Å². The van der Waals surface area contributed by atoms with Gasteiger partial charge in [-0.2, -0.15) is 0 Å². The van der Waals surface area contributed by atoms with Gasteiger partial charge < -0.3 is 9.47 Å². The maximum Gasteiger partial charge on any atom is 0.224 e. The molecule has 3 nitrogen and oxygen atoms in total. The van der Waals surface area contributed by atoms with E-state index in [0.29, 0.717) is 11.5 Å². The summed E-state index contributed by atoms with van der Waals surface area (Å²) in [7, 11) is 1.62. The average Bonchev–Trinajstić information content (AvgIpc) is 2.89. The number of benzene rings is 2. The molecule has 0 N–H and O–H groups in total. The van der Waals surface area contributed by atoms with Crippen molar-refractivity contribution in [2.24, 2.45) is 0 Å². The molecule has 0 fully saturated rings. The van der Waals surface area contributed by atoms with Crippen molar-refractivity contribution in [3.63, 3.8) is 0 Å². The van der Waals surface area contributed by atoms with E-state index in [1.165, 1.54) is 6.08 Å². The summed E-state index contributed by atoms with van der Waals surface area (Å²) in [6.07, 6.45) is 3.26. The van der Waals surface area contributed by atoms with Gasteiger partial charge in [-0.3, -0.25) is 4.79 Å². The largest absolute Gasteiger partial charge is 0.497 e. The summed E-state index contributed by atoms with van der Waals surface area (Å²) in [6, 6.07) is 17.0. The molecule has 0 spiro atoms. The first-order chi connectivity index (χ1) is 10.3. The second-order valence-electron chi connectivity index (χ2n) is 4.62. The van der Waals surface area contributed by atoms with Gasteiger partial charge in [0.1, 0.15) is 11.5 Å². The van der Waals surface area contributed by atoms with Crippen molar-refractivity contribution in [3.05, 3.63) is 77.6 Å². The van der Waals surface area contributed by atoms with Crippen molar-refractivity contribution in [1.29, 1.82) is 0 Å². The monoisotopic (exact) mass is 278 g/mol. The highest BCUT2D eigenvalue weighted by atomic mass is 16.5. The minimum atomic E-state index is -0.121. The van der Waals surface area contributed by atoms with Crippen LogP contribution in [0.25, 0.3) is 11.8 Å². The first-order valence-electron chi connectivity index (χ1n) is 6.61. The van der Waals surface area contributed by atoms with Crippen LogP contribution in [0, 0.1) is 0 Å². The van der Waals surface area contributed by atoms with Gasteiger partial charge in [0.15, 0.2) is 5.76 Å². The van der Waals surface area contributed by atoms with Crippen LogP contribution in [0.1, 0.15) is 11.1 Å². The minimum Gasteiger partial charge on any atom is -0.497 e. The molecule has 2 aromatic carbocycles. The fourth-order valence-corrected chi connectivity index (χ4v) is 2.09. The van der Waals surface area contributed by atoms with E-state index in [1.807, 2.05) is 54.6 Å². The third-order valence-corrected chi connectivity index (χ3v) is 3.20. The summed E-state index contributed by atoms with van der Waals surface area (Å²) < 4.78 is 10.8. The fourth-order valence-electron chi connectivity index (χ4n) is 2.09. The van der Waals surface area contributed by atoms with E-state index >= 15 is 0 Å². The quantitative estimate of drug-likeness (QED) is 0.803. The van der Waals surface area contributed by atoms with Gasteiger partial charge in [-0.1, -0.05) is 30.3 Å². The van der Waals surface area contributed by atoms with Crippen molar-refractivity contribution < 1.29 is 14.3 Å². The van der Waals surface area contributed by atoms with Crippen LogP contribution in [0.5, 0.6) is 5.75 Å². The van der Waals surface area contributed by atoms with E-state index in [1.54, 1.807) is 13.2 Å². The molecule has 0 bridgehead atoms. The van der Waals surface area contributed by atoms with Crippen molar-refractivity contribution >= 4 is 17.6 Å². The lowest BCUT2D eigenvalue weighted by Crippen LogP contribution is -1.93. The lowest BCUT2D eigenvalue weighted by molar-refractivity contribution is -0.112. The van der Waals surface area contributed by atoms with Gasteiger partial charge >= 0.3 is 0 Å². The van der Waals surface area contributed by atoms with E-state index < -0.39 is 0 Å². The number of allylic oxidation sites excluding steroid dienone is 1. The van der Waals surface area contributed by atoms with E-state index in [9.17, 15) is 4.79 Å². The van der Waals surface area contributed by atoms with Gasteiger partial charge in [-0.05, 0) is 35.9 Å². The van der Waals surface area contributed by atoms with Crippen LogP contribution in [0.15, 0.2) is 66.4 Å². The number of hydrogen-bond donors (Lipinski definition) is 0. The second-order valence-corrected chi connectivity index (χ2v) is 4.62. The predicted molar refractivity (Wildman–Crippen MR) is 81.5 cm³/mol. The Morgan fingerprint density at radius 3 is 2.38 bits per heavy atom. The number of ether oxygens (including phenoxy) is 2. The zero-order valence-electron chi connectivity index (χ0n) is 11.6. The van der Waals surface area contributed by atoms with Crippen LogP contribution in [0.3, 0.4) is 0 Å².